The summed E-state index contributed by atoms with van der Waals surface area (Å²) in [5.74, 6) is 0. The van der Waals surface area contributed by atoms with Crippen LogP contribution in [0.4, 0.5) is 5.69 Å². The summed E-state index contributed by atoms with van der Waals surface area (Å²) in [4.78, 5) is 0. The molecule has 0 aliphatic heterocycles. The summed E-state index contributed by atoms with van der Waals surface area (Å²) in [7, 11) is 1.92. The second-order valence-corrected chi connectivity index (χ2v) is 4.80. The first-order chi connectivity index (χ1) is 9.83. The van der Waals surface area contributed by atoms with Crippen LogP contribution in [-0.4, -0.2) is 9.78 Å². The number of aryl methyl sites for hydroxylation is 1. The van der Waals surface area contributed by atoms with Crippen molar-refractivity contribution in [1.82, 2.24) is 9.78 Å². The number of nitrogens with one attached hydrogen (secondary N) is 1. The Labute approximate surface area is 118 Å². The monoisotopic (exact) mass is 263 g/mol. The van der Waals surface area contributed by atoms with E-state index in [1.165, 1.54) is 11.1 Å². The van der Waals surface area contributed by atoms with Gasteiger partial charge in [0.2, 0.25) is 0 Å². The minimum Gasteiger partial charge on any atom is -0.372 e. The highest BCUT2D eigenvalue weighted by molar-refractivity contribution is 5.46. The van der Waals surface area contributed by atoms with Crippen LogP contribution in [0.5, 0.6) is 0 Å². The van der Waals surface area contributed by atoms with Crippen molar-refractivity contribution in [2.45, 2.75) is 6.04 Å². The number of anilines is 1. The number of nitrogens with zero attached hydrogens (tertiary/aromatic N) is 2. The van der Waals surface area contributed by atoms with E-state index in [1.54, 1.807) is 4.68 Å². The molecule has 3 nitrogen and oxygen atoms in total. The summed E-state index contributed by atoms with van der Waals surface area (Å²) in [6, 6.07) is 21.0. The van der Waals surface area contributed by atoms with E-state index >= 15 is 0 Å². The summed E-state index contributed by atoms with van der Waals surface area (Å²) in [6.45, 7) is 0. The number of hydrogen-bond donors (Lipinski definition) is 1. The van der Waals surface area contributed by atoms with Gasteiger partial charge in [0.05, 0.1) is 17.9 Å². The predicted octanol–water partition coefficient (Wildman–Crippen LogP) is 3.62. The Morgan fingerprint density at radius 1 is 0.900 bits per heavy atom. The van der Waals surface area contributed by atoms with Gasteiger partial charge in [-0.2, -0.15) is 5.10 Å². The van der Waals surface area contributed by atoms with Gasteiger partial charge in [-0.3, -0.25) is 4.68 Å². The average Bonchev–Trinajstić information content (AvgIpc) is 2.92. The Kier molecular flexibility index (Phi) is 3.50. The molecule has 0 spiro atoms. The summed E-state index contributed by atoms with van der Waals surface area (Å²) < 4.78 is 1.80. The first kappa shape index (κ1) is 12.5. The van der Waals surface area contributed by atoms with Crippen molar-refractivity contribution in [3.63, 3.8) is 0 Å². The van der Waals surface area contributed by atoms with Gasteiger partial charge in [0.1, 0.15) is 0 Å². The van der Waals surface area contributed by atoms with Crippen LogP contribution in [0.25, 0.3) is 0 Å². The van der Waals surface area contributed by atoms with Gasteiger partial charge in [-0.15, -0.1) is 0 Å². The van der Waals surface area contributed by atoms with Crippen molar-refractivity contribution >= 4 is 5.69 Å². The van der Waals surface area contributed by atoms with Gasteiger partial charge in [0, 0.05) is 13.2 Å². The molecule has 0 fully saturated rings. The summed E-state index contributed by atoms with van der Waals surface area (Å²) in [5.41, 5.74) is 3.50. The van der Waals surface area contributed by atoms with Gasteiger partial charge in [-0.25, -0.2) is 0 Å². The van der Waals surface area contributed by atoms with Crippen LogP contribution in [0.1, 0.15) is 17.2 Å². The molecule has 0 saturated carbocycles. The van der Waals surface area contributed by atoms with Gasteiger partial charge in [-0.1, -0.05) is 60.7 Å². The maximum Gasteiger partial charge on any atom is 0.0768 e. The lowest BCUT2D eigenvalue weighted by Crippen LogP contribution is -2.11. The highest BCUT2D eigenvalue weighted by Crippen LogP contribution is 2.26. The van der Waals surface area contributed by atoms with Crippen molar-refractivity contribution in [3.05, 3.63) is 84.2 Å². The molecular weight excluding hydrogens is 246 g/mol. The quantitative estimate of drug-likeness (QED) is 0.779. The van der Waals surface area contributed by atoms with Crippen LogP contribution in [0.15, 0.2) is 73.1 Å². The first-order valence-corrected chi connectivity index (χ1v) is 6.68. The number of rotatable bonds is 4. The van der Waals surface area contributed by atoms with Crippen molar-refractivity contribution in [3.8, 4) is 0 Å². The summed E-state index contributed by atoms with van der Waals surface area (Å²) in [6.07, 6.45) is 3.83. The van der Waals surface area contributed by atoms with Gasteiger partial charge in [-0.05, 0) is 11.1 Å². The zero-order valence-corrected chi connectivity index (χ0v) is 11.4. The van der Waals surface area contributed by atoms with Gasteiger partial charge in [0.25, 0.3) is 0 Å². The Bertz CT molecular complexity index is 619. The molecule has 1 aromatic heterocycles. The van der Waals surface area contributed by atoms with E-state index in [2.05, 4.69) is 58.9 Å². The minimum atomic E-state index is 0.126. The minimum absolute atomic E-state index is 0.126. The first-order valence-electron chi connectivity index (χ1n) is 6.68. The molecular formula is C17H17N3. The Morgan fingerprint density at radius 2 is 1.45 bits per heavy atom. The lowest BCUT2D eigenvalue weighted by molar-refractivity contribution is 0.767. The molecule has 1 heterocycles. The molecule has 20 heavy (non-hydrogen) atoms. The summed E-state index contributed by atoms with van der Waals surface area (Å²) in [5, 5.41) is 7.76. The van der Waals surface area contributed by atoms with E-state index in [4.69, 9.17) is 0 Å². The van der Waals surface area contributed by atoms with Crippen LogP contribution in [-0.2, 0) is 7.05 Å². The van der Waals surface area contributed by atoms with E-state index in [-0.39, 0.29) is 6.04 Å². The third-order valence-corrected chi connectivity index (χ3v) is 3.28. The van der Waals surface area contributed by atoms with Gasteiger partial charge >= 0.3 is 0 Å². The molecule has 0 aliphatic carbocycles. The number of benzene rings is 2. The molecule has 0 radical (unpaired) electrons. The third-order valence-electron chi connectivity index (χ3n) is 3.28. The molecule has 1 N–H and O–H groups in total. The zero-order valence-electron chi connectivity index (χ0n) is 11.4. The SMILES string of the molecule is Cn1cc(NC(c2ccccc2)c2ccccc2)cn1. The zero-order chi connectivity index (χ0) is 13.8. The van der Waals surface area contributed by atoms with Crippen molar-refractivity contribution in [2.24, 2.45) is 7.05 Å². The predicted molar refractivity (Wildman–Crippen MR) is 81.6 cm³/mol. The van der Waals surface area contributed by atoms with Crippen LogP contribution in [0, 0.1) is 0 Å². The van der Waals surface area contributed by atoms with Crippen molar-refractivity contribution in [1.29, 1.82) is 0 Å². The fraction of sp³-hybridized carbons (Fsp3) is 0.118. The van der Waals surface area contributed by atoms with Crippen LogP contribution in [0.3, 0.4) is 0 Å². The fourth-order valence-electron chi connectivity index (χ4n) is 2.31. The number of hydrogen-bond acceptors (Lipinski definition) is 2. The van der Waals surface area contributed by atoms with E-state index in [9.17, 15) is 0 Å². The molecule has 0 bridgehead atoms. The standard InChI is InChI=1S/C17H17N3/c1-20-13-16(12-18-20)19-17(14-8-4-2-5-9-14)15-10-6-3-7-11-15/h2-13,17,19H,1H3. The molecule has 0 amide bonds. The van der Waals surface area contributed by atoms with Crippen LogP contribution < -0.4 is 5.32 Å². The largest absolute Gasteiger partial charge is 0.372 e. The van der Waals surface area contributed by atoms with Crippen LogP contribution in [0.2, 0.25) is 0 Å². The second kappa shape index (κ2) is 5.61. The molecule has 0 saturated heterocycles. The second-order valence-electron chi connectivity index (χ2n) is 4.80. The molecule has 0 unspecified atom stereocenters. The van der Waals surface area contributed by atoms with Gasteiger partial charge < -0.3 is 5.32 Å². The maximum atomic E-state index is 4.21. The molecule has 100 valence electrons. The molecule has 3 rings (SSSR count). The normalized spacial score (nSPS) is 10.7. The molecule has 3 heteroatoms. The third kappa shape index (κ3) is 2.72. The molecule has 2 aromatic carbocycles. The van der Waals surface area contributed by atoms with Gasteiger partial charge in [0.15, 0.2) is 0 Å². The number of aromatic nitrogens is 2. The molecule has 0 aliphatic rings. The average molecular weight is 263 g/mol. The lowest BCUT2D eigenvalue weighted by Gasteiger charge is -2.20. The highest BCUT2D eigenvalue weighted by Gasteiger charge is 2.13. The molecule has 3 aromatic rings. The fourth-order valence-corrected chi connectivity index (χ4v) is 2.31. The van der Waals surface area contributed by atoms with Crippen LogP contribution >= 0.6 is 0 Å². The lowest BCUT2D eigenvalue weighted by atomic mass is 9.98. The van der Waals surface area contributed by atoms with Crippen molar-refractivity contribution in [2.75, 3.05) is 5.32 Å². The highest BCUT2D eigenvalue weighted by atomic mass is 15.3. The molecule has 0 atom stereocenters. The van der Waals surface area contributed by atoms with Crippen molar-refractivity contribution < 1.29 is 0 Å². The van der Waals surface area contributed by atoms with E-state index < -0.39 is 0 Å². The smallest absolute Gasteiger partial charge is 0.0768 e. The van der Waals surface area contributed by atoms with E-state index in [0.29, 0.717) is 0 Å². The topological polar surface area (TPSA) is 29.9 Å². The maximum absolute atomic E-state index is 4.21. The Morgan fingerprint density at radius 3 is 1.90 bits per heavy atom. The summed E-state index contributed by atoms with van der Waals surface area (Å²) >= 11 is 0. The van der Waals surface area contributed by atoms with E-state index in [0.717, 1.165) is 5.69 Å². The Hall–Kier alpha value is -2.55. The Balaban J connectivity index is 1.96. The van der Waals surface area contributed by atoms with E-state index in [1.807, 2.05) is 31.6 Å².